The minimum Gasteiger partial charge on any atom is -0.494 e. The van der Waals surface area contributed by atoms with Crippen molar-refractivity contribution in [2.45, 2.75) is 84.1 Å². The molecule has 0 aromatic heterocycles. The molecule has 2 aliphatic heterocycles. The Kier molecular flexibility index (Phi) is 8.48. The topological polar surface area (TPSA) is 69.3 Å². The number of benzene rings is 1. The smallest absolute Gasteiger partial charge is 0.494 e. The normalized spacial score (nSPS) is 21.9. The Morgan fingerprint density at radius 3 is 2.48 bits per heavy atom. The van der Waals surface area contributed by atoms with E-state index in [4.69, 9.17) is 18.8 Å². The summed E-state index contributed by atoms with van der Waals surface area (Å²) in [4.78, 5) is 15.6. The molecular formula is C25H41BN2O5. The van der Waals surface area contributed by atoms with E-state index in [9.17, 15) is 4.79 Å². The average Bonchev–Trinajstić information content (AvgIpc) is 2.98. The van der Waals surface area contributed by atoms with Gasteiger partial charge in [0.05, 0.1) is 17.8 Å². The highest BCUT2D eigenvalue weighted by atomic mass is 16.7. The second-order valence-corrected chi connectivity index (χ2v) is 10.3. The summed E-state index contributed by atoms with van der Waals surface area (Å²) in [5.41, 5.74) is 0.512. The van der Waals surface area contributed by atoms with Gasteiger partial charge in [0, 0.05) is 49.8 Å². The van der Waals surface area contributed by atoms with Gasteiger partial charge >= 0.3 is 7.12 Å². The highest BCUT2D eigenvalue weighted by Crippen LogP contribution is 2.37. The summed E-state index contributed by atoms with van der Waals surface area (Å²) < 4.78 is 23.8. The number of carbonyl (C=O) groups excluding carboxylic acids is 1. The van der Waals surface area contributed by atoms with E-state index in [2.05, 4.69) is 19.2 Å². The zero-order chi connectivity index (χ0) is 24.2. The number of nitrogens with one attached hydrogen (secondary N) is 1. The maximum absolute atomic E-state index is 13.6. The van der Waals surface area contributed by atoms with Crippen LogP contribution in [0.2, 0.25) is 0 Å². The summed E-state index contributed by atoms with van der Waals surface area (Å²) in [7, 11) is 1.12. The quantitative estimate of drug-likeness (QED) is 0.452. The lowest BCUT2D eigenvalue weighted by atomic mass is 9.78. The number of rotatable bonds is 9. The van der Waals surface area contributed by atoms with Crippen LogP contribution in [-0.2, 0) is 14.0 Å². The molecule has 0 radical (unpaired) electrons. The number of hydrogen-bond donors (Lipinski definition) is 1. The van der Waals surface area contributed by atoms with E-state index in [0.717, 1.165) is 37.8 Å². The summed E-state index contributed by atoms with van der Waals surface area (Å²) in [5.74, 6) is 0.654. The molecule has 0 aliphatic carbocycles. The van der Waals surface area contributed by atoms with E-state index < -0.39 is 18.3 Å². The van der Waals surface area contributed by atoms with Gasteiger partial charge < -0.3 is 29.0 Å². The van der Waals surface area contributed by atoms with Gasteiger partial charge in [-0.1, -0.05) is 6.07 Å². The number of hydrogen-bond acceptors (Lipinski definition) is 6. The summed E-state index contributed by atoms with van der Waals surface area (Å²) in [6.45, 7) is 15.2. The van der Waals surface area contributed by atoms with Crippen molar-refractivity contribution in [3.8, 4) is 5.75 Å². The van der Waals surface area contributed by atoms with E-state index in [1.807, 2.05) is 50.8 Å². The molecule has 7 nitrogen and oxygen atoms in total. The Hall–Kier alpha value is -1.61. The molecule has 1 atom stereocenters. The lowest BCUT2D eigenvalue weighted by Gasteiger charge is -2.37. The van der Waals surface area contributed by atoms with E-state index >= 15 is 0 Å². The van der Waals surface area contributed by atoms with Crippen molar-refractivity contribution in [3.63, 3.8) is 0 Å². The Balaban J connectivity index is 1.89. The number of amides is 1. The Morgan fingerprint density at radius 1 is 1.21 bits per heavy atom. The van der Waals surface area contributed by atoms with Crippen molar-refractivity contribution < 1.29 is 23.6 Å². The fourth-order valence-electron chi connectivity index (χ4n) is 4.38. The maximum Gasteiger partial charge on any atom is 0.498 e. The number of carbonyl (C=O) groups is 1. The van der Waals surface area contributed by atoms with Gasteiger partial charge in [-0.2, -0.15) is 0 Å². The first-order valence-corrected chi connectivity index (χ1v) is 12.2. The molecule has 0 bridgehead atoms. The molecule has 1 N–H and O–H groups in total. The molecule has 2 heterocycles. The molecule has 33 heavy (non-hydrogen) atoms. The van der Waals surface area contributed by atoms with Gasteiger partial charge in [-0.15, -0.1) is 0 Å². The minimum atomic E-state index is -0.555. The first kappa shape index (κ1) is 26.0. The van der Waals surface area contributed by atoms with Crippen molar-refractivity contribution in [1.29, 1.82) is 0 Å². The summed E-state index contributed by atoms with van der Waals surface area (Å²) >= 11 is 0. The van der Waals surface area contributed by atoms with Gasteiger partial charge in [0.1, 0.15) is 5.75 Å². The Labute approximate surface area is 199 Å². The predicted molar refractivity (Wildman–Crippen MR) is 131 cm³/mol. The monoisotopic (exact) mass is 460 g/mol. The second-order valence-electron chi connectivity index (χ2n) is 10.3. The first-order chi connectivity index (χ1) is 15.6. The molecule has 2 aliphatic rings. The number of methoxy groups -OCH3 is 1. The van der Waals surface area contributed by atoms with Crippen molar-refractivity contribution in [1.82, 2.24) is 10.2 Å². The van der Waals surface area contributed by atoms with Crippen LogP contribution in [0.1, 0.15) is 71.2 Å². The Bertz CT molecular complexity index is 792. The third-order valence-corrected chi connectivity index (χ3v) is 6.97. The van der Waals surface area contributed by atoms with Crippen LogP contribution in [0.25, 0.3) is 0 Å². The largest absolute Gasteiger partial charge is 0.498 e. The third-order valence-electron chi connectivity index (χ3n) is 6.97. The summed E-state index contributed by atoms with van der Waals surface area (Å²) in [6.07, 6.45) is 2.85. The second kappa shape index (κ2) is 10.8. The fourth-order valence-corrected chi connectivity index (χ4v) is 4.38. The van der Waals surface area contributed by atoms with Crippen molar-refractivity contribution in [3.05, 3.63) is 23.8 Å². The number of piperidine rings is 1. The van der Waals surface area contributed by atoms with Crippen LogP contribution < -0.4 is 15.5 Å². The van der Waals surface area contributed by atoms with Crippen LogP contribution in [0, 0.1) is 0 Å². The molecule has 1 amide bonds. The van der Waals surface area contributed by atoms with E-state index in [-0.39, 0.29) is 18.0 Å². The zero-order valence-corrected chi connectivity index (χ0v) is 21.4. The predicted octanol–water partition coefficient (Wildman–Crippen LogP) is 3.00. The zero-order valence-electron chi connectivity index (χ0n) is 21.4. The minimum absolute atomic E-state index is 0.0286. The summed E-state index contributed by atoms with van der Waals surface area (Å²) in [6, 6.07) is 5.94. The molecule has 1 aromatic rings. The van der Waals surface area contributed by atoms with Gasteiger partial charge in [0.25, 0.3) is 5.91 Å². The third kappa shape index (κ3) is 5.91. The molecule has 2 fully saturated rings. The van der Waals surface area contributed by atoms with Crippen LogP contribution in [0.5, 0.6) is 5.75 Å². The van der Waals surface area contributed by atoms with Crippen LogP contribution in [0.4, 0.5) is 0 Å². The van der Waals surface area contributed by atoms with Gasteiger partial charge in [0.2, 0.25) is 0 Å². The molecule has 0 spiro atoms. The lowest BCUT2D eigenvalue weighted by Crippen LogP contribution is -2.51. The molecule has 3 rings (SSSR count). The molecule has 8 heteroatoms. The van der Waals surface area contributed by atoms with Gasteiger partial charge in [-0.25, -0.2) is 0 Å². The molecule has 1 aromatic carbocycles. The molecular weight excluding hydrogens is 419 g/mol. The Morgan fingerprint density at radius 2 is 1.91 bits per heavy atom. The van der Waals surface area contributed by atoms with Crippen LogP contribution in [-0.4, -0.2) is 74.6 Å². The van der Waals surface area contributed by atoms with Crippen molar-refractivity contribution in [2.75, 3.05) is 33.4 Å². The summed E-state index contributed by atoms with van der Waals surface area (Å²) in [5, 5.41) is 3.43. The van der Waals surface area contributed by atoms with Crippen LogP contribution in [0.3, 0.4) is 0 Å². The highest BCUT2D eigenvalue weighted by Gasteiger charge is 2.52. The van der Waals surface area contributed by atoms with E-state index in [1.165, 1.54) is 0 Å². The van der Waals surface area contributed by atoms with Crippen molar-refractivity contribution >= 4 is 18.5 Å². The van der Waals surface area contributed by atoms with Crippen LogP contribution in [0.15, 0.2) is 18.2 Å². The number of ether oxygens (including phenoxy) is 2. The first-order valence-electron chi connectivity index (χ1n) is 12.2. The molecule has 0 unspecified atom stereocenters. The van der Waals surface area contributed by atoms with Gasteiger partial charge in [-0.3, -0.25) is 4.79 Å². The molecule has 184 valence electrons. The maximum atomic E-state index is 13.6. The average molecular weight is 460 g/mol. The highest BCUT2D eigenvalue weighted by molar-refractivity contribution is 6.63. The molecule has 2 saturated heterocycles. The number of nitrogens with zero attached hydrogens (tertiary/aromatic N) is 1. The van der Waals surface area contributed by atoms with Gasteiger partial charge in [0.15, 0.2) is 0 Å². The van der Waals surface area contributed by atoms with E-state index in [1.54, 1.807) is 7.11 Å². The lowest BCUT2D eigenvalue weighted by molar-refractivity contribution is 0.00578. The van der Waals surface area contributed by atoms with E-state index in [0.29, 0.717) is 24.5 Å². The standard InChI is InChI=1S/C25H41BN2O5/c1-18(2)28(20-10-8-13-27-17-20)23(29)19-11-12-21(22(16-19)31-15-9-14-30-7)26-32-24(3,4)25(5,6)33-26/h11-12,16,18,20,27H,8-10,13-15,17H2,1-7H3/t20-/m1/s1. The van der Waals surface area contributed by atoms with Gasteiger partial charge in [-0.05, 0) is 73.1 Å². The SMILES string of the molecule is COCCCOc1cc(C(=O)N(C(C)C)[C@@H]2CCCNC2)ccc1B1OC(C)(C)C(C)(C)O1. The van der Waals surface area contributed by atoms with Crippen LogP contribution >= 0.6 is 0 Å². The van der Waals surface area contributed by atoms with Crippen molar-refractivity contribution in [2.24, 2.45) is 0 Å². The fraction of sp³-hybridized carbons (Fsp3) is 0.720. The molecule has 0 saturated carbocycles.